The molecule has 1 saturated heterocycles. The van der Waals surface area contributed by atoms with Gasteiger partial charge >= 0.3 is 11.8 Å². The second-order valence-corrected chi connectivity index (χ2v) is 7.92. The van der Waals surface area contributed by atoms with Gasteiger partial charge < -0.3 is 25.0 Å². The average Bonchev–Trinajstić information content (AvgIpc) is 3.29. The van der Waals surface area contributed by atoms with E-state index in [1.807, 2.05) is 5.38 Å². The maximum Gasteiger partial charge on any atom is 0.313 e. The van der Waals surface area contributed by atoms with Crippen molar-refractivity contribution in [3.8, 4) is 11.5 Å². The van der Waals surface area contributed by atoms with E-state index in [-0.39, 0.29) is 6.04 Å². The van der Waals surface area contributed by atoms with Crippen LogP contribution < -0.4 is 20.1 Å². The number of nitrogens with one attached hydrogen (secondary N) is 2. The Morgan fingerprint density at radius 2 is 1.87 bits per heavy atom. The number of anilines is 1. The zero-order valence-corrected chi connectivity index (χ0v) is 18.3. The third-order valence-electron chi connectivity index (χ3n) is 5.23. The molecule has 162 valence electrons. The number of thiophene rings is 1. The van der Waals surface area contributed by atoms with E-state index in [1.54, 1.807) is 36.6 Å². The smallest absolute Gasteiger partial charge is 0.313 e. The highest BCUT2D eigenvalue weighted by Crippen LogP contribution is 2.29. The van der Waals surface area contributed by atoms with Crippen molar-refractivity contribution in [3.63, 3.8) is 0 Å². The molecule has 3 rings (SSSR count). The molecule has 2 amide bonds. The summed E-state index contributed by atoms with van der Waals surface area (Å²) < 4.78 is 10.4. The van der Waals surface area contributed by atoms with Gasteiger partial charge in [0.2, 0.25) is 0 Å². The molecule has 30 heavy (non-hydrogen) atoms. The van der Waals surface area contributed by atoms with Crippen molar-refractivity contribution >= 4 is 28.8 Å². The fourth-order valence-electron chi connectivity index (χ4n) is 3.41. The number of amides is 2. The van der Waals surface area contributed by atoms with Gasteiger partial charge in [0.05, 0.1) is 25.9 Å². The van der Waals surface area contributed by atoms with Gasteiger partial charge in [-0.2, -0.15) is 11.3 Å². The van der Waals surface area contributed by atoms with Gasteiger partial charge in [0.15, 0.2) is 0 Å². The number of carbonyl (C=O) groups excluding carboxylic acids is 2. The fraction of sp³-hybridized carbons (Fsp3) is 0.429. The molecule has 1 atom stereocenters. The quantitative estimate of drug-likeness (QED) is 0.650. The molecule has 1 fully saturated rings. The lowest BCUT2D eigenvalue weighted by Gasteiger charge is -2.37. The molecular weight excluding hydrogens is 404 g/mol. The minimum Gasteiger partial charge on any atom is -0.497 e. The first-order chi connectivity index (χ1) is 14.5. The van der Waals surface area contributed by atoms with Crippen molar-refractivity contribution in [1.82, 2.24) is 15.1 Å². The number of hydrogen-bond acceptors (Lipinski definition) is 7. The van der Waals surface area contributed by atoms with E-state index in [9.17, 15) is 9.59 Å². The molecule has 0 bridgehead atoms. The first kappa shape index (κ1) is 22.1. The van der Waals surface area contributed by atoms with Crippen molar-refractivity contribution in [2.24, 2.45) is 0 Å². The second-order valence-electron chi connectivity index (χ2n) is 7.14. The highest BCUT2D eigenvalue weighted by molar-refractivity contribution is 7.08. The van der Waals surface area contributed by atoms with Crippen LogP contribution >= 0.6 is 11.3 Å². The maximum absolute atomic E-state index is 12.5. The van der Waals surface area contributed by atoms with Crippen molar-refractivity contribution in [3.05, 3.63) is 40.6 Å². The highest BCUT2D eigenvalue weighted by Gasteiger charge is 2.26. The van der Waals surface area contributed by atoms with Gasteiger partial charge in [-0.05, 0) is 41.6 Å². The summed E-state index contributed by atoms with van der Waals surface area (Å²) in [5.74, 6) is -0.396. The van der Waals surface area contributed by atoms with Crippen molar-refractivity contribution in [2.75, 3.05) is 59.3 Å². The summed E-state index contributed by atoms with van der Waals surface area (Å²) in [4.78, 5) is 29.5. The van der Waals surface area contributed by atoms with E-state index in [2.05, 4.69) is 38.9 Å². The summed E-state index contributed by atoms with van der Waals surface area (Å²) in [6, 6.07) is 7.09. The van der Waals surface area contributed by atoms with Crippen molar-refractivity contribution in [2.45, 2.75) is 6.04 Å². The Balaban J connectivity index is 1.62. The number of benzene rings is 1. The first-order valence-electron chi connectivity index (χ1n) is 9.77. The molecule has 1 aliphatic heterocycles. The van der Waals surface area contributed by atoms with Gasteiger partial charge in [-0.3, -0.25) is 14.5 Å². The lowest BCUT2D eigenvalue weighted by atomic mass is 10.1. The highest BCUT2D eigenvalue weighted by atomic mass is 32.1. The Morgan fingerprint density at radius 3 is 2.50 bits per heavy atom. The van der Waals surface area contributed by atoms with Gasteiger partial charge in [0.1, 0.15) is 11.5 Å². The molecule has 0 radical (unpaired) electrons. The summed E-state index contributed by atoms with van der Waals surface area (Å²) in [5, 5.41) is 9.52. The third-order valence-corrected chi connectivity index (χ3v) is 5.93. The second kappa shape index (κ2) is 10.4. The van der Waals surface area contributed by atoms with Gasteiger partial charge in [-0.1, -0.05) is 0 Å². The lowest BCUT2D eigenvalue weighted by molar-refractivity contribution is -0.136. The average molecular weight is 433 g/mol. The SMILES string of the molecule is COc1ccc(NC(=O)C(=O)NCC(c2ccsc2)N2CCN(C)CC2)c(OC)c1. The Morgan fingerprint density at radius 1 is 1.10 bits per heavy atom. The molecule has 0 aliphatic carbocycles. The van der Waals surface area contributed by atoms with E-state index in [0.29, 0.717) is 23.7 Å². The number of nitrogens with zero attached hydrogens (tertiary/aromatic N) is 2. The summed E-state index contributed by atoms with van der Waals surface area (Å²) in [7, 11) is 5.15. The standard InChI is InChI=1S/C21H28N4O4S/c1-24-7-9-25(10-8-24)18(15-6-11-30-14-15)13-22-20(26)21(27)23-17-5-4-16(28-2)12-19(17)29-3/h4-6,11-12,14,18H,7-10,13H2,1-3H3,(H,22,26)(H,23,27). The molecule has 2 aromatic rings. The van der Waals surface area contributed by atoms with Crippen LogP contribution in [0.5, 0.6) is 11.5 Å². The molecule has 1 aromatic heterocycles. The summed E-state index contributed by atoms with van der Waals surface area (Å²) in [6.45, 7) is 4.16. The van der Waals surface area contributed by atoms with Crippen LogP contribution in [0.1, 0.15) is 11.6 Å². The summed E-state index contributed by atoms with van der Waals surface area (Å²) in [5.41, 5.74) is 1.56. The molecule has 1 aromatic carbocycles. The molecule has 9 heteroatoms. The number of carbonyl (C=O) groups is 2. The summed E-state index contributed by atoms with van der Waals surface area (Å²) in [6.07, 6.45) is 0. The van der Waals surface area contributed by atoms with Crippen LogP contribution in [0.3, 0.4) is 0 Å². The van der Waals surface area contributed by atoms with Crippen molar-refractivity contribution in [1.29, 1.82) is 0 Å². The Bertz CT molecular complexity index is 851. The van der Waals surface area contributed by atoms with Crippen LogP contribution in [0.4, 0.5) is 5.69 Å². The lowest BCUT2D eigenvalue weighted by Crippen LogP contribution is -2.49. The van der Waals surface area contributed by atoms with Crippen LogP contribution in [0, 0.1) is 0 Å². The monoisotopic (exact) mass is 432 g/mol. The number of likely N-dealkylation sites (N-methyl/N-ethyl adjacent to an activating group) is 1. The van der Waals surface area contributed by atoms with E-state index in [0.717, 1.165) is 31.7 Å². The Labute approximate surface area is 180 Å². The normalized spacial score (nSPS) is 16.0. The topological polar surface area (TPSA) is 83.1 Å². The zero-order chi connectivity index (χ0) is 21.5. The number of piperazine rings is 1. The minimum atomic E-state index is -0.735. The molecule has 8 nitrogen and oxygen atoms in total. The summed E-state index contributed by atoms with van der Waals surface area (Å²) >= 11 is 1.63. The van der Waals surface area contributed by atoms with Crippen LogP contribution in [-0.2, 0) is 9.59 Å². The predicted molar refractivity (Wildman–Crippen MR) is 117 cm³/mol. The van der Waals surface area contributed by atoms with Crippen LogP contribution in [0.2, 0.25) is 0 Å². The van der Waals surface area contributed by atoms with Crippen molar-refractivity contribution < 1.29 is 19.1 Å². The van der Waals surface area contributed by atoms with Gasteiger partial charge in [0, 0.05) is 38.8 Å². The van der Waals surface area contributed by atoms with Gasteiger partial charge in [-0.15, -0.1) is 0 Å². The predicted octanol–water partition coefficient (Wildman–Crippen LogP) is 1.81. The van der Waals surface area contributed by atoms with Crippen LogP contribution in [-0.4, -0.2) is 75.6 Å². The molecule has 2 heterocycles. The largest absolute Gasteiger partial charge is 0.497 e. The number of rotatable bonds is 7. The molecule has 1 unspecified atom stereocenters. The Hall–Kier alpha value is -2.62. The zero-order valence-electron chi connectivity index (χ0n) is 17.5. The van der Waals surface area contributed by atoms with Gasteiger partial charge in [0.25, 0.3) is 0 Å². The first-order valence-corrected chi connectivity index (χ1v) is 10.7. The van der Waals surface area contributed by atoms with Gasteiger partial charge in [-0.25, -0.2) is 0 Å². The number of methoxy groups -OCH3 is 2. The number of hydrogen-bond donors (Lipinski definition) is 2. The maximum atomic E-state index is 12.5. The van der Waals surface area contributed by atoms with E-state index >= 15 is 0 Å². The van der Waals surface area contributed by atoms with E-state index < -0.39 is 11.8 Å². The van der Waals surface area contributed by atoms with Crippen LogP contribution in [0.25, 0.3) is 0 Å². The number of ether oxygens (including phenoxy) is 2. The molecule has 0 spiro atoms. The molecule has 2 N–H and O–H groups in total. The molecule has 0 saturated carbocycles. The van der Waals surface area contributed by atoms with E-state index in [4.69, 9.17) is 9.47 Å². The van der Waals surface area contributed by atoms with E-state index in [1.165, 1.54) is 7.11 Å². The third kappa shape index (κ3) is 5.50. The molecular formula is C21H28N4O4S. The Kier molecular flexibility index (Phi) is 7.67. The minimum absolute atomic E-state index is 0.0391. The fourth-order valence-corrected chi connectivity index (χ4v) is 4.11. The van der Waals surface area contributed by atoms with Crippen LogP contribution in [0.15, 0.2) is 35.0 Å². The molecule has 1 aliphatic rings.